The molecule has 1 aromatic carbocycles. The normalized spacial score (nSPS) is 28.3. The van der Waals surface area contributed by atoms with Gasteiger partial charge in [0.2, 0.25) is 6.10 Å². The van der Waals surface area contributed by atoms with E-state index in [1.165, 1.54) is 7.11 Å². The maximum absolute atomic E-state index is 13.2. The summed E-state index contributed by atoms with van der Waals surface area (Å²) in [6, 6.07) is 3.57. The fraction of sp³-hybridized carbons (Fsp3) is 0.552. The van der Waals surface area contributed by atoms with Crippen LogP contribution >= 0.6 is 0 Å². The molecule has 2 N–H and O–H groups in total. The molecule has 0 amide bonds. The Bertz CT molecular complexity index is 1390. The molecule has 13 heteroatoms. The molecule has 6 atom stereocenters. The minimum atomic E-state index is -1.79. The second kappa shape index (κ2) is 10.7. The largest absolute Gasteiger partial charge is 0.493 e. The highest BCUT2D eigenvalue weighted by Crippen LogP contribution is 2.65. The average molecular weight is 588 g/mol. The Morgan fingerprint density at radius 1 is 1.12 bits per heavy atom. The first-order chi connectivity index (χ1) is 19.8. The molecule has 226 valence electrons. The summed E-state index contributed by atoms with van der Waals surface area (Å²) < 4.78 is 27.7. The molecule has 4 aliphatic rings. The number of carboxylic acids is 1. The molecule has 5 rings (SSSR count). The van der Waals surface area contributed by atoms with Crippen LogP contribution in [0.25, 0.3) is 0 Å². The summed E-state index contributed by atoms with van der Waals surface area (Å²) in [6.45, 7) is 2.73. The van der Waals surface area contributed by atoms with Crippen LogP contribution in [0.2, 0.25) is 0 Å². The molecule has 2 heterocycles. The molecule has 1 spiro atoms. The maximum Gasteiger partial charge on any atom is 0.348 e. The summed E-state index contributed by atoms with van der Waals surface area (Å²) in [4.78, 5) is 62.6. The SMILES string of the molecule is COc1ccc2c3c1O[C@H]1C(OC(=O)C[C@H](OC(C)=O)C(=O)O[C@H](CC(=O)O)C(C)=O)=CC[C@@]4(O)[C@@H](C2)N(C)CC[C@]314. The van der Waals surface area contributed by atoms with Gasteiger partial charge in [-0.05, 0) is 51.1 Å². The molecule has 1 saturated heterocycles. The van der Waals surface area contributed by atoms with Crippen molar-refractivity contribution in [3.63, 3.8) is 0 Å². The molecule has 2 aliphatic carbocycles. The second-order valence-corrected chi connectivity index (χ2v) is 11.2. The van der Waals surface area contributed by atoms with E-state index >= 15 is 0 Å². The number of benzene rings is 1. The van der Waals surface area contributed by atoms with Gasteiger partial charge in [0.05, 0.1) is 31.0 Å². The van der Waals surface area contributed by atoms with E-state index in [4.69, 9.17) is 28.8 Å². The van der Waals surface area contributed by atoms with Crippen molar-refractivity contribution in [1.29, 1.82) is 0 Å². The predicted molar refractivity (Wildman–Crippen MR) is 141 cm³/mol. The molecule has 2 aliphatic heterocycles. The fourth-order valence-electron chi connectivity index (χ4n) is 6.93. The second-order valence-electron chi connectivity index (χ2n) is 11.2. The molecule has 1 fully saturated rings. The van der Waals surface area contributed by atoms with Crippen LogP contribution in [0.5, 0.6) is 11.5 Å². The number of likely N-dealkylation sites (N-methyl/N-ethyl adjacent to an activating group) is 1. The monoisotopic (exact) mass is 587 g/mol. The van der Waals surface area contributed by atoms with Gasteiger partial charge in [-0.3, -0.25) is 19.2 Å². The lowest BCUT2D eigenvalue weighted by Crippen LogP contribution is -2.74. The summed E-state index contributed by atoms with van der Waals surface area (Å²) >= 11 is 0. The average Bonchev–Trinajstić information content (AvgIpc) is 3.27. The van der Waals surface area contributed by atoms with Crippen LogP contribution in [0.4, 0.5) is 0 Å². The zero-order valence-corrected chi connectivity index (χ0v) is 23.7. The van der Waals surface area contributed by atoms with E-state index in [1.807, 2.05) is 19.2 Å². The van der Waals surface area contributed by atoms with Crippen LogP contribution in [-0.4, -0.2) is 95.4 Å². The van der Waals surface area contributed by atoms with Crippen molar-refractivity contribution < 1.29 is 57.9 Å². The van der Waals surface area contributed by atoms with E-state index < -0.39 is 71.8 Å². The lowest BCUT2D eigenvalue weighted by Gasteiger charge is -2.61. The summed E-state index contributed by atoms with van der Waals surface area (Å²) in [6.07, 6.45) is -2.96. The number of hydrogen-bond acceptors (Lipinski definition) is 12. The van der Waals surface area contributed by atoms with Crippen molar-refractivity contribution in [3.05, 3.63) is 35.1 Å². The van der Waals surface area contributed by atoms with Crippen LogP contribution < -0.4 is 9.47 Å². The standard InChI is InChI=1S/C29H33NO12/c1-14(31)19(12-22(33)34)41-27(36)20(39-15(2)32)13-23(35)40-18-7-8-29(37)21-11-16-5-6-17(38-4)25-24(16)28(29,26(18)42-25)9-10-30(21)3/h5-7,19-21,26,37H,8-13H2,1-4H3,(H,33,34)/t19-,20+,21-,26+,28+,29-/m1/s1. The Hall–Kier alpha value is -3.97. The number of carbonyl (C=O) groups excluding carboxylic acids is 4. The number of likely N-dealkylation sites (tertiary alicyclic amines) is 1. The van der Waals surface area contributed by atoms with Gasteiger partial charge >= 0.3 is 23.9 Å². The van der Waals surface area contributed by atoms with Gasteiger partial charge in [-0.1, -0.05) is 6.07 Å². The van der Waals surface area contributed by atoms with Gasteiger partial charge in [0.1, 0.15) is 5.76 Å². The Morgan fingerprint density at radius 3 is 2.50 bits per heavy atom. The number of esters is 3. The van der Waals surface area contributed by atoms with E-state index in [2.05, 4.69) is 4.90 Å². The molecule has 42 heavy (non-hydrogen) atoms. The number of Topliss-reactive ketones (excluding diaryl/α,β-unsaturated/α-hetero) is 1. The number of methoxy groups -OCH3 is 1. The first-order valence-corrected chi connectivity index (χ1v) is 13.6. The molecule has 13 nitrogen and oxygen atoms in total. The van der Waals surface area contributed by atoms with E-state index in [0.717, 1.165) is 25.0 Å². The number of carboxylic acid groups (broad SMARTS) is 1. The number of aliphatic carboxylic acids is 1. The number of hydrogen-bond donors (Lipinski definition) is 2. The van der Waals surface area contributed by atoms with Gasteiger partial charge in [0.25, 0.3) is 0 Å². The Labute approximate surface area is 241 Å². The lowest BCUT2D eigenvalue weighted by molar-refractivity contribution is -0.178. The third-order valence-corrected chi connectivity index (χ3v) is 8.78. The van der Waals surface area contributed by atoms with Crippen molar-refractivity contribution in [2.45, 2.75) is 81.3 Å². The van der Waals surface area contributed by atoms with Gasteiger partial charge in [0.15, 0.2) is 29.5 Å². The molecule has 0 unspecified atom stereocenters. The number of ether oxygens (including phenoxy) is 5. The first kappa shape index (κ1) is 29.5. The van der Waals surface area contributed by atoms with Gasteiger partial charge < -0.3 is 38.8 Å². The Morgan fingerprint density at radius 2 is 1.86 bits per heavy atom. The van der Waals surface area contributed by atoms with Crippen molar-refractivity contribution in [2.75, 3.05) is 20.7 Å². The van der Waals surface area contributed by atoms with Crippen molar-refractivity contribution in [1.82, 2.24) is 4.90 Å². The molecular formula is C29H33NO12. The van der Waals surface area contributed by atoms with E-state index in [9.17, 15) is 29.1 Å². The third-order valence-electron chi connectivity index (χ3n) is 8.78. The molecule has 1 aromatic rings. The van der Waals surface area contributed by atoms with Gasteiger partial charge in [-0.15, -0.1) is 0 Å². The van der Waals surface area contributed by atoms with Crippen LogP contribution in [0.1, 0.15) is 50.7 Å². The molecule has 0 aromatic heterocycles. The number of nitrogens with zero attached hydrogens (tertiary/aromatic N) is 1. The zero-order chi connectivity index (χ0) is 30.6. The summed E-state index contributed by atoms with van der Waals surface area (Å²) in [5.41, 5.74) is -0.288. The summed E-state index contributed by atoms with van der Waals surface area (Å²) in [7, 11) is 3.49. The highest BCUT2D eigenvalue weighted by molar-refractivity contribution is 5.90. The smallest absolute Gasteiger partial charge is 0.348 e. The molecule has 0 radical (unpaired) electrons. The Kier molecular flexibility index (Phi) is 7.52. The van der Waals surface area contributed by atoms with E-state index in [-0.39, 0.29) is 18.2 Å². The van der Waals surface area contributed by atoms with E-state index in [0.29, 0.717) is 30.9 Å². The van der Waals surface area contributed by atoms with Crippen LogP contribution in [0.15, 0.2) is 24.0 Å². The number of carbonyl (C=O) groups is 5. The van der Waals surface area contributed by atoms with E-state index in [1.54, 1.807) is 6.08 Å². The van der Waals surface area contributed by atoms with Gasteiger partial charge in [-0.25, -0.2) is 4.79 Å². The lowest BCUT2D eigenvalue weighted by atomic mass is 9.50. The van der Waals surface area contributed by atoms with Crippen molar-refractivity contribution >= 4 is 29.7 Å². The molecule has 2 bridgehead atoms. The van der Waals surface area contributed by atoms with Gasteiger partial charge in [-0.2, -0.15) is 0 Å². The summed E-state index contributed by atoms with van der Waals surface area (Å²) in [5, 5.41) is 21.3. The number of ketones is 1. The predicted octanol–water partition coefficient (Wildman–Crippen LogP) is 0.813. The molecule has 0 saturated carbocycles. The Balaban J connectivity index is 1.41. The van der Waals surface area contributed by atoms with Crippen LogP contribution in [-0.2, 0) is 50.0 Å². The quantitative estimate of drug-likeness (QED) is 0.291. The fourth-order valence-corrected chi connectivity index (χ4v) is 6.93. The van der Waals surface area contributed by atoms with Crippen molar-refractivity contribution in [2.24, 2.45) is 0 Å². The third kappa shape index (κ3) is 4.60. The topological polar surface area (TPSA) is 175 Å². The van der Waals surface area contributed by atoms with Gasteiger partial charge in [0, 0.05) is 24.9 Å². The minimum absolute atomic E-state index is 0.140. The maximum atomic E-state index is 13.2. The highest BCUT2D eigenvalue weighted by Gasteiger charge is 2.72. The minimum Gasteiger partial charge on any atom is -0.493 e. The van der Waals surface area contributed by atoms with Crippen LogP contribution in [0, 0.1) is 0 Å². The first-order valence-electron chi connectivity index (χ1n) is 13.6. The highest BCUT2D eigenvalue weighted by atomic mass is 16.6. The molecular weight excluding hydrogens is 554 g/mol. The van der Waals surface area contributed by atoms with Crippen molar-refractivity contribution in [3.8, 4) is 11.5 Å². The number of rotatable bonds is 10. The summed E-state index contributed by atoms with van der Waals surface area (Å²) in [5.74, 6) is -4.13. The number of aliphatic hydroxyl groups is 1. The zero-order valence-electron chi connectivity index (χ0n) is 23.7. The van der Waals surface area contributed by atoms with Crippen LogP contribution in [0.3, 0.4) is 0 Å². The number of piperidine rings is 1.